The van der Waals surface area contributed by atoms with E-state index < -0.39 is 0 Å². The van der Waals surface area contributed by atoms with Gasteiger partial charge in [-0.05, 0) is 25.2 Å². The van der Waals surface area contributed by atoms with Crippen LogP contribution in [0.15, 0.2) is 18.2 Å². The van der Waals surface area contributed by atoms with Gasteiger partial charge in [-0.2, -0.15) is 0 Å². The summed E-state index contributed by atoms with van der Waals surface area (Å²) in [5.74, 6) is 0. The van der Waals surface area contributed by atoms with Crippen molar-refractivity contribution < 1.29 is 4.74 Å². The summed E-state index contributed by atoms with van der Waals surface area (Å²) < 4.78 is 5.66. The molecule has 0 saturated carbocycles. The van der Waals surface area contributed by atoms with Crippen LogP contribution in [0, 0.1) is 0 Å². The smallest absolute Gasteiger partial charge is 0.0874 e. The predicted molar refractivity (Wildman–Crippen MR) is 72.2 cm³/mol. The van der Waals surface area contributed by atoms with Crippen LogP contribution in [-0.4, -0.2) is 44.3 Å². The molecule has 1 aliphatic rings. The highest BCUT2D eigenvalue weighted by Crippen LogP contribution is 2.25. The Morgan fingerprint density at radius 1 is 1.47 bits per heavy atom. The number of morpholine rings is 1. The van der Waals surface area contributed by atoms with E-state index in [2.05, 4.69) is 17.3 Å². The van der Waals surface area contributed by atoms with Crippen molar-refractivity contribution in [2.45, 2.75) is 6.10 Å². The second-order valence-corrected chi connectivity index (χ2v) is 5.10. The molecule has 3 nitrogen and oxygen atoms in total. The lowest BCUT2D eigenvalue weighted by atomic mass is 10.2. The highest BCUT2D eigenvalue weighted by molar-refractivity contribution is 6.36. The molecule has 1 atom stereocenters. The van der Waals surface area contributed by atoms with E-state index in [1.807, 2.05) is 12.1 Å². The average molecular weight is 275 g/mol. The fourth-order valence-corrected chi connectivity index (χ4v) is 2.32. The van der Waals surface area contributed by atoms with Crippen molar-refractivity contribution in [3.8, 4) is 0 Å². The van der Waals surface area contributed by atoms with Gasteiger partial charge in [0.25, 0.3) is 0 Å². The normalized spacial score (nSPS) is 21.5. The first-order valence-electron chi connectivity index (χ1n) is 5.64. The summed E-state index contributed by atoms with van der Waals surface area (Å²) in [5.41, 5.74) is 0.896. The molecule has 17 heavy (non-hydrogen) atoms. The minimum Gasteiger partial charge on any atom is -0.381 e. The lowest BCUT2D eigenvalue weighted by Crippen LogP contribution is -2.43. The van der Waals surface area contributed by atoms with Crippen molar-refractivity contribution >= 4 is 28.9 Å². The first-order valence-corrected chi connectivity index (χ1v) is 6.40. The van der Waals surface area contributed by atoms with Crippen LogP contribution in [0.4, 0.5) is 5.69 Å². The zero-order valence-corrected chi connectivity index (χ0v) is 11.3. The standard InChI is InChI=1S/C12H16Cl2N2O/c1-16-4-5-17-10(8-16)7-15-12-3-2-9(13)6-11(12)14/h2-3,6,10,15H,4-5,7-8H2,1H3. The Morgan fingerprint density at radius 3 is 3.00 bits per heavy atom. The van der Waals surface area contributed by atoms with E-state index >= 15 is 0 Å². The van der Waals surface area contributed by atoms with E-state index in [9.17, 15) is 0 Å². The molecule has 0 amide bonds. The summed E-state index contributed by atoms with van der Waals surface area (Å²) in [6, 6.07) is 5.44. The summed E-state index contributed by atoms with van der Waals surface area (Å²) in [6.45, 7) is 3.49. The number of hydrogen-bond acceptors (Lipinski definition) is 3. The van der Waals surface area contributed by atoms with Gasteiger partial charge in [0.2, 0.25) is 0 Å². The van der Waals surface area contributed by atoms with Gasteiger partial charge in [0, 0.05) is 24.7 Å². The van der Waals surface area contributed by atoms with E-state index in [4.69, 9.17) is 27.9 Å². The second kappa shape index (κ2) is 5.91. The van der Waals surface area contributed by atoms with Crippen LogP contribution < -0.4 is 5.32 Å². The molecule has 1 aromatic rings. The Kier molecular flexibility index (Phi) is 4.51. The third-order valence-electron chi connectivity index (χ3n) is 2.79. The molecule has 1 aliphatic heterocycles. The Morgan fingerprint density at radius 2 is 2.29 bits per heavy atom. The van der Waals surface area contributed by atoms with Crippen LogP contribution in [-0.2, 0) is 4.74 Å². The fourth-order valence-electron chi connectivity index (χ4n) is 1.85. The Balaban J connectivity index is 1.88. The third kappa shape index (κ3) is 3.75. The lowest BCUT2D eigenvalue weighted by molar-refractivity contribution is -0.0117. The minimum absolute atomic E-state index is 0.209. The van der Waals surface area contributed by atoms with Crippen LogP contribution in [0.5, 0.6) is 0 Å². The number of nitrogens with one attached hydrogen (secondary N) is 1. The van der Waals surface area contributed by atoms with E-state index in [1.54, 1.807) is 6.07 Å². The maximum absolute atomic E-state index is 6.08. The van der Waals surface area contributed by atoms with Gasteiger partial charge in [-0.15, -0.1) is 0 Å². The van der Waals surface area contributed by atoms with E-state index in [1.165, 1.54) is 0 Å². The average Bonchev–Trinajstić information content (AvgIpc) is 2.28. The van der Waals surface area contributed by atoms with Gasteiger partial charge in [0.05, 0.1) is 23.4 Å². The topological polar surface area (TPSA) is 24.5 Å². The van der Waals surface area contributed by atoms with Crippen molar-refractivity contribution in [1.29, 1.82) is 0 Å². The van der Waals surface area contributed by atoms with Crippen LogP contribution >= 0.6 is 23.2 Å². The second-order valence-electron chi connectivity index (χ2n) is 4.26. The van der Waals surface area contributed by atoms with Crippen LogP contribution in [0.25, 0.3) is 0 Å². The van der Waals surface area contributed by atoms with Crippen LogP contribution in [0.3, 0.4) is 0 Å². The van der Waals surface area contributed by atoms with Crippen LogP contribution in [0.1, 0.15) is 0 Å². The van der Waals surface area contributed by atoms with E-state index in [0.717, 1.165) is 31.9 Å². The molecule has 1 heterocycles. The molecule has 2 rings (SSSR count). The van der Waals surface area contributed by atoms with Crippen molar-refractivity contribution in [2.75, 3.05) is 38.6 Å². The summed E-state index contributed by atoms with van der Waals surface area (Å²) in [6.07, 6.45) is 0.209. The highest BCUT2D eigenvalue weighted by Gasteiger charge is 2.17. The maximum atomic E-state index is 6.08. The molecule has 0 radical (unpaired) electrons. The van der Waals surface area contributed by atoms with Gasteiger partial charge in [0.15, 0.2) is 0 Å². The molecule has 1 saturated heterocycles. The zero-order chi connectivity index (χ0) is 12.3. The SMILES string of the molecule is CN1CCOC(CNc2ccc(Cl)cc2Cl)C1. The summed E-state index contributed by atoms with van der Waals surface area (Å²) in [4.78, 5) is 2.26. The lowest BCUT2D eigenvalue weighted by Gasteiger charge is -2.30. The monoisotopic (exact) mass is 274 g/mol. The van der Waals surface area contributed by atoms with Crippen molar-refractivity contribution in [1.82, 2.24) is 4.90 Å². The van der Waals surface area contributed by atoms with Crippen molar-refractivity contribution in [2.24, 2.45) is 0 Å². The summed E-state index contributed by atoms with van der Waals surface area (Å²) >= 11 is 11.9. The number of ether oxygens (including phenoxy) is 1. The molecule has 1 unspecified atom stereocenters. The molecular formula is C12H16Cl2N2O. The molecule has 1 fully saturated rings. The van der Waals surface area contributed by atoms with E-state index in [0.29, 0.717) is 10.0 Å². The van der Waals surface area contributed by atoms with Gasteiger partial charge in [-0.3, -0.25) is 0 Å². The van der Waals surface area contributed by atoms with E-state index in [-0.39, 0.29) is 6.10 Å². The third-order valence-corrected chi connectivity index (χ3v) is 3.34. The van der Waals surface area contributed by atoms with Gasteiger partial charge < -0.3 is 15.0 Å². The van der Waals surface area contributed by atoms with Gasteiger partial charge >= 0.3 is 0 Å². The number of benzene rings is 1. The Labute approximate surface area is 112 Å². The number of rotatable bonds is 3. The number of likely N-dealkylation sites (N-methyl/N-ethyl adjacent to an activating group) is 1. The van der Waals surface area contributed by atoms with Crippen molar-refractivity contribution in [3.63, 3.8) is 0 Å². The molecule has 0 spiro atoms. The number of nitrogens with zero attached hydrogens (tertiary/aromatic N) is 1. The van der Waals surface area contributed by atoms with Crippen LogP contribution in [0.2, 0.25) is 10.0 Å². The van der Waals surface area contributed by atoms with Gasteiger partial charge in [-0.25, -0.2) is 0 Å². The minimum atomic E-state index is 0.209. The molecular weight excluding hydrogens is 259 g/mol. The maximum Gasteiger partial charge on any atom is 0.0874 e. The largest absolute Gasteiger partial charge is 0.381 e. The molecule has 1 aromatic carbocycles. The molecule has 0 aliphatic carbocycles. The molecule has 0 aromatic heterocycles. The van der Waals surface area contributed by atoms with Gasteiger partial charge in [0.1, 0.15) is 0 Å². The van der Waals surface area contributed by atoms with Gasteiger partial charge in [-0.1, -0.05) is 23.2 Å². The van der Waals surface area contributed by atoms with Crippen molar-refractivity contribution in [3.05, 3.63) is 28.2 Å². The fraction of sp³-hybridized carbons (Fsp3) is 0.500. The Bertz CT molecular complexity index is 387. The molecule has 1 N–H and O–H groups in total. The molecule has 0 bridgehead atoms. The number of hydrogen-bond donors (Lipinski definition) is 1. The summed E-state index contributed by atoms with van der Waals surface area (Å²) in [7, 11) is 2.10. The quantitative estimate of drug-likeness (QED) is 0.918. The summed E-state index contributed by atoms with van der Waals surface area (Å²) in [5, 5.41) is 4.58. The zero-order valence-electron chi connectivity index (χ0n) is 9.75. The first kappa shape index (κ1) is 13.0. The number of anilines is 1. The first-order chi connectivity index (χ1) is 8.15. The molecule has 5 heteroatoms. The molecule has 94 valence electrons. The highest BCUT2D eigenvalue weighted by atomic mass is 35.5. The predicted octanol–water partition coefficient (Wildman–Crippen LogP) is 2.74. The Hall–Kier alpha value is -0.480. The number of halogens is 2.